The number of benzene rings is 4. The molecule has 1 aliphatic rings. The van der Waals surface area contributed by atoms with Crippen LogP contribution in [-0.2, 0) is 35.1 Å². The molecule has 0 bridgehead atoms. The van der Waals surface area contributed by atoms with Gasteiger partial charge in [0.1, 0.15) is 30.9 Å². The van der Waals surface area contributed by atoms with Crippen LogP contribution in [0.5, 0.6) is 0 Å². The van der Waals surface area contributed by atoms with Crippen molar-refractivity contribution in [3.63, 3.8) is 0 Å². The average molecular weight is 808 g/mol. The van der Waals surface area contributed by atoms with Crippen LogP contribution in [0.25, 0.3) is 39.6 Å². The van der Waals surface area contributed by atoms with Crippen molar-refractivity contribution in [2.45, 2.75) is 20.7 Å². The Hall–Kier alpha value is -2.78. The second kappa shape index (κ2) is 16.9. The van der Waals surface area contributed by atoms with Crippen molar-refractivity contribution in [1.82, 2.24) is 15.0 Å². The number of hydrogen-bond donors (Lipinski definition) is 2. The molecule has 2 N–H and O–H groups in total. The zero-order valence-electron chi connectivity index (χ0n) is 27.4. The third-order valence-corrected chi connectivity index (χ3v) is 9.71. The number of rotatable bonds is 8. The SMILES string of the molecule is O=C1N=C([O-])N=C([O-])C1N=Nc1ccc(/C=C/c2ccc(-n3nc4cc(S(=O)(=O)O)c5ccccc5c4n3)cc2S(=O)(=O)O)c(S(=O)(=O)[O-])c1.[Na+].[Na+].[Na+]. The van der Waals surface area contributed by atoms with Gasteiger partial charge in [0.05, 0.1) is 22.3 Å². The molecule has 1 unspecified atom stereocenters. The molecule has 5 aromatic rings. The Morgan fingerprint density at radius 1 is 0.736 bits per heavy atom. The van der Waals surface area contributed by atoms with Crippen LogP contribution in [0.1, 0.15) is 11.1 Å². The first-order valence-corrected chi connectivity index (χ1v) is 17.8. The third kappa shape index (κ3) is 9.73. The molecule has 256 valence electrons. The number of amides is 1. The normalized spacial score (nSPS) is 15.2. The fourth-order valence-electron chi connectivity index (χ4n) is 4.83. The van der Waals surface area contributed by atoms with E-state index in [-0.39, 0.29) is 128 Å². The van der Waals surface area contributed by atoms with Gasteiger partial charge in [-0.1, -0.05) is 48.6 Å². The van der Waals surface area contributed by atoms with Gasteiger partial charge in [-0.15, -0.1) is 10.2 Å². The summed E-state index contributed by atoms with van der Waals surface area (Å²) in [4.78, 5) is 16.7. The largest absolute Gasteiger partial charge is 1.00 e. The summed E-state index contributed by atoms with van der Waals surface area (Å²) in [6.45, 7) is 0. The number of nitrogens with zero attached hydrogens (tertiary/aromatic N) is 7. The summed E-state index contributed by atoms with van der Waals surface area (Å²) in [5, 5.41) is 38.9. The Kier molecular flexibility index (Phi) is 14.3. The van der Waals surface area contributed by atoms with Crippen molar-refractivity contribution in [2.24, 2.45) is 20.2 Å². The van der Waals surface area contributed by atoms with Gasteiger partial charge < -0.3 is 14.8 Å². The molecular weight excluding hydrogens is 792 g/mol. The molecule has 0 saturated carbocycles. The molecular formula is C28H16N7Na3O12S3. The second-order valence-corrected chi connectivity index (χ2v) is 14.4. The minimum Gasteiger partial charge on any atom is -0.860 e. The maximum atomic E-state index is 12.4. The maximum Gasteiger partial charge on any atom is 1.00 e. The minimum atomic E-state index is -5.21. The number of amidine groups is 1. The van der Waals surface area contributed by atoms with E-state index >= 15 is 0 Å². The molecule has 0 aliphatic carbocycles. The summed E-state index contributed by atoms with van der Waals surface area (Å²) >= 11 is 0. The van der Waals surface area contributed by atoms with E-state index in [0.717, 1.165) is 47.3 Å². The van der Waals surface area contributed by atoms with Crippen LogP contribution in [0, 0.1) is 0 Å². The molecule has 1 atom stereocenters. The number of azo groups is 1. The van der Waals surface area contributed by atoms with Gasteiger partial charge in [0, 0.05) is 16.7 Å². The first kappa shape index (κ1) is 44.6. The van der Waals surface area contributed by atoms with Crippen molar-refractivity contribution < 1.29 is 143 Å². The van der Waals surface area contributed by atoms with Crippen LogP contribution in [0.4, 0.5) is 5.69 Å². The Morgan fingerprint density at radius 3 is 1.94 bits per heavy atom. The molecule has 0 spiro atoms. The van der Waals surface area contributed by atoms with Crippen molar-refractivity contribution in [3.8, 4) is 5.69 Å². The summed E-state index contributed by atoms with van der Waals surface area (Å²) in [6, 6.07) is 10.6. The molecule has 1 aliphatic heterocycles. The van der Waals surface area contributed by atoms with Gasteiger partial charge in [0.2, 0.25) is 0 Å². The van der Waals surface area contributed by atoms with Gasteiger partial charge in [-0.05, 0) is 41.5 Å². The molecule has 53 heavy (non-hydrogen) atoms. The summed E-state index contributed by atoms with van der Waals surface area (Å²) in [6.07, 6.45) is 2.13. The molecule has 2 heterocycles. The summed E-state index contributed by atoms with van der Waals surface area (Å²) < 4.78 is 105. The van der Waals surface area contributed by atoms with E-state index < -0.39 is 68.9 Å². The molecule has 1 aromatic heterocycles. The Morgan fingerprint density at radius 2 is 1.34 bits per heavy atom. The van der Waals surface area contributed by atoms with Crippen LogP contribution < -0.4 is 98.9 Å². The van der Waals surface area contributed by atoms with Gasteiger partial charge in [-0.25, -0.2) is 13.4 Å². The molecule has 0 radical (unpaired) electrons. The topological polar surface area (TPSA) is 309 Å². The maximum absolute atomic E-state index is 12.4. The standard InChI is InChI=1S/C28H19N7O12S3.3Na/c36-26-25(27(37)30-28(38)29-26)32-31-16-9-7-14(21(11-16)48(39,40)41)5-6-15-8-10-17(12-22(15)49(42,43)44)35-33-20-13-23(50(45,46)47)18-3-1-2-4-19(18)24(20)34-35;;;/h1-13,25H,(H,39,40,41)(H,42,43,44)(H,45,46,47)(H2,29,30,36,37,38);;;/q;3*+1/p-3/b6-5+,32-31?;;;. The smallest absolute Gasteiger partial charge is 0.860 e. The average Bonchev–Trinajstić information content (AvgIpc) is 3.46. The molecule has 19 nitrogen and oxygen atoms in total. The first-order valence-electron chi connectivity index (χ1n) is 13.5. The van der Waals surface area contributed by atoms with Gasteiger partial charge in [0.25, 0.3) is 26.1 Å². The van der Waals surface area contributed by atoms with E-state index in [1.165, 1.54) is 18.2 Å². The van der Waals surface area contributed by atoms with Crippen molar-refractivity contribution >= 4 is 87.8 Å². The number of aromatic nitrogens is 3. The van der Waals surface area contributed by atoms with E-state index in [0.29, 0.717) is 5.39 Å². The molecule has 0 fully saturated rings. The third-order valence-electron chi connectivity index (χ3n) is 7.02. The molecule has 1 amide bonds. The summed E-state index contributed by atoms with van der Waals surface area (Å²) in [5.41, 5.74) is -0.516. The van der Waals surface area contributed by atoms with Crippen molar-refractivity contribution in [1.29, 1.82) is 0 Å². The molecule has 25 heteroatoms. The molecule has 4 aromatic carbocycles. The number of aliphatic imine (C=N–C) groups is 2. The first-order chi connectivity index (χ1) is 23.4. The Labute approximate surface area is 365 Å². The fourth-order valence-corrected chi connectivity index (χ4v) is 6.94. The molecule has 0 saturated heterocycles. The van der Waals surface area contributed by atoms with Gasteiger partial charge >= 0.3 is 88.7 Å². The minimum absolute atomic E-state index is 0. The fraction of sp³-hybridized carbons (Fsp3) is 0.0357. The van der Waals surface area contributed by atoms with Crippen LogP contribution in [0.3, 0.4) is 0 Å². The van der Waals surface area contributed by atoms with Crippen LogP contribution in [-0.4, -0.2) is 77.8 Å². The van der Waals surface area contributed by atoms with Crippen molar-refractivity contribution in [3.05, 3.63) is 77.9 Å². The van der Waals surface area contributed by atoms with E-state index in [1.807, 2.05) is 0 Å². The quantitative estimate of drug-likeness (QED) is 0.0637. The predicted octanol–water partition coefficient (Wildman–Crippen LogP) is -8.38. The van der Waals surface area contributed by atoms with Crippen LogP contribution in [0.15, 0.2) is 102 Å². The van der Waals surface area contributed by atoms with E-state index in [9.17, 15) is 53.9 Å². The number of carbonyl (C=O) groups excluding carboxylic acids is 1. The van der Waals surface area contributed by atoms with E-state index in [1.54, 1.807) is 18.2 Å². The van der Waals surface area contributed by atoms with Crippen LogP contribution in [0.2, 0.25) is 0 Å². The summed E-state index contributed by atoms with van der Waals surface area (Å²) in [5.74, 6) is -2.49. The van der Waals surface area contributed by atoms with Gasteiger partial charge in [-0.3, -0.25) is 18.9 Å². The number of carbonyl (C=O) groups is 1. The predicted molar refractivity (Wildman–Crippen MR) is 168 cm³/mol. The monoisotopic (exact) mass is 807 g/mol. The van der Waals surface area contributed by atoms with Crippen molar-refractivity contribution in [2.75, 3.05) is 0 Å². The summed E-state index contributed by atoms with van der Waals surface area (Å²) in [7, 11) is -14.9. The van der Waals surface area contributed by atoms with E-state index in [4.69, 9.17) is 0 Å². The second-order valence-electron chi connectivity index (χ2n) is 10.3. The molecule has 6 rings (SSSR count). The Balaban J connectivity index is 0.00000252. The zero-order valence-corrected chi connectivity index (χ0v) is 35.9. The zero-order chi connectivity index (χ0) is 36.2. The van der Waals surface area contributed by atoms with Crippen LogP contribution >= 0.6 is 0 Å². The van der Waals surface area contributed by atoms with Gasteiger partial charge in [-0.2, -0.15) is 31.9 Å². The van der Waals surface area contributed by atoms with Gasteiger partial charge in [0.15, 0.2) is 6.04 Å². The number of hydrogen-bond acceptors (Lipinski definition) is 15. The number of fused-ring (bicyclic) bond motifs is 3. The Bertz CT molecular complexity index is 2760. The van der Waals surface area contributed by atoms with E-state index in [2.05, 4.69) is 30.4 Å².